The Balaban J connectivity index is 1.16. The van der Waals surface area contributed by atoms with Crippen LogP contribution in [0.4, 0.5) is 0 Å². The highest BCUT2D eigenvalue weighted by atomic mass is 16.5. The second-order valence-electron chi connectivity index (χ2n) is 10.5. The molecule has 1 atom stereocenters. The van der Waals surface area contributed by atoms with Crippen molar-refractivity contribution in [3.8, 4) is 11.1 Å². The summed E-state index contributed by atoms with van der Waals surface area (Å²) in [5.74, 6) is 0.186. The maximum Gasteiger partial charge on any atom is 0.254 e. The summed E-state index contributed by atoms with van der Waals surface area (Å²) in [6, 6.07) is 12.2. The number of aryl methyl sites for hydroxylation is 1. The Kier molecular flexibility index (Phi) is 7.81. The summed E-state index contributed by atoms with van der Waals surface area (Å²) in [5.41, 5.74) is 6.43. The third-order valence-electron chi connectivity index (χ3n) is 7.85. The summed E-state index contributed by atoms with van der Waals surface area (Å²) in [6.07, 6.45) is 4.97. The number of amides is 1. The molecule has 204 valence electrons. The Hall–Kier alpha value is -3.40. The molecular weight excluding hydrogens is 492 g/mol. The van der Waals surface area contributed by atoms with Crippen LogP contribution in [0.5, 0.6) is 0 Å². The van der Waals surface area contributed by atoms with Crippen LogP contribution in [0.15, 0.2) is 47.7 Å². The van der Waals surface area contributed by atoms with E-state index in [1.165, 1.54) is 0 Å². The van der Waals surface area contributed by atoms with Gasteiger partial charge in [0.25, 0.3) is 5.91 Å². The van der Waals surface area contributed by atoms with Gasteiger partial charge < -0.3 is 14.4 Å². The Bertz CT molecular complexity index is 1350. The van der Waals surface area contributed by atoms with Gasteiger partial charge in [-0.3, -0.25) is 19.7 Å². The average molecular weight is 529 g/mol. The van der Waals surface area contributed by atoms with E-state index in [0.717, 1.165) is 91.3 Å². The molecule has 3 aliphatic heterocycles. The Morgan fingerprint density at radius 2 is 1.79 bits per heavy atom. The van der Waals surface area contributed by atoms with Gasteiger partial charge in [0.05, 0.1) is 49.1 Å². The topological polar surface area (TPSA) is 83.4 Å². The highest BCUT2D eigenvalue weighted by Crippen LogP contribution is 2.30. The van der Waals surface area contributed by atoms with Crippen molar-refractivity contribution in [2.45, 2.75) is 19.3 Å². The van der Waals surface area contributed by atoms with Crippen molar-refractivity contribution >= 4 is 23.2 Å². The molecule has 0 radical (unpaired) electrons. The van der Waals surface area contributed by atoms with E-state index in [1.54, 1.807) is 0 Å². The minimum Gasteiger partial charge on any atom is -0.379 e. The number of nitrogens with zero attached hydrogens (tertiary/aromatic N) is 6. The van der Waals surface area contributed by atoms with E-state index in [4.69, 9.17) is 19.4 Å². The van der Waals surface area contributed by atoms with Gasteiger partial charge in [0.15, 0.2) is 0 Å². The zero-order valence-electron chi connectivity index (χ0n) is 22.6. The van der Waals surface area contributed by atoms with Crippen LogP contribution in [0, 0.1) is 6.92 Å². The zero-order valence-corrected chi connectivity index (χ0v) is 22.6. The van der Waals surface area contributed by atoms with E-state index in [2.05, 4.69) is 27.1 Å². The zero-order chi connectivity index (χ0) is 26.6. The molecular formula is C30H36N6O3. The largest absolute Gasteiger partial charge is 0.379 e. The molecule has 39 heavy (non-hydrogen) atoms. The van der Waals surface area contributed by atoms with Crippen LogP contribution in [0.3, 0.4) is 0 Å². The molecule has 1 amide bonds. The minimum absolute atomic E-state index is 0.0670. The lowest BCUT2D eigenvalue weighted by Crippen LogP contribution is -2.40. The van der Waals surface area contributed by atoms with Crippen LogP contribution in [-0.4, -0.2) is 109 Å². The van der Waals surface area contributed by atoms with Crippen molar-refractivity contribution < 1.29 is 14.3 Å². The van der Waals surface area contributed by atoms with E-state index >= 15 is 0 Å². The van der Waals surface area contributed by atoms with Gasteiger partial charge >= 0.3 is 0 Å². The molecule has 3 aromatic rings. The number of para-hydroxylation sites is 1. The normalized spacial score (nSPS) is 20.2. The molecule has 1 unspecified atom stereocenters. The number of ether oxygens (including phenoxy) is 2. The van der Waals surface area contributed by atoms with Gasteiger partial charge in [-0.05, 0) is 36.6 Å². The van der Waals surface area contributed by atoms with Gasteiger partial charge in [-0.1, -0.05) is 24.3 Å². The lowest BCUT2D eigenvalue weighted by Gasteiger charge is -2.27. The fourth-order valence-electron chi connectivity index (χ4n) is 5.58. The van der Waals surface area contributed by atoms with Crippen LogP contribution in [0.25, 0.3) is 22.2 Å². The Morgan fingerprint density at radius 1 is 1.00 bits per heavy atom. The number of fused-ring (bicyclic) bond motifs is 1. The maximum absolute atomic E-state index is 13.1. The first-order valence-electron chi connectivity index (χ1n) is 14.0. The van der Waals surface area contributed by atoms with Gasteiger partial charge in [-0.2, -0.15) is 5.10 Å². The van der Waals surface area contributed by atoms with Gasteiger partial charge in [-0.15, -0.1) is 0 Å². The Morgan fingerprint density at radius 3 is 2.59 bits per heavy atom. The number of aromatic nitrogens is 2. The molecule has 0 saturated carbocycles. The molecule has 6 rings (SSSR count). The first-order chi connectivity index (χ1) is 19.2. The van der Waals surface area contributed by atoms with Crippen LogP contribution in [-0.2, 0) is 9.47 Å². The lowest BCUT2D eigenvalue weighted by atomic mass is 9.97. The predicted molar refractivity (Wildman–Crippen MR) is 151 cm³/mol. The van der Waals surface area contributed by atoms with Crippen molar-refractivity contribution in [1.82, 2.24) is 24.8 Å². The molecule has 3 aliphatic rings. The molecule has 1 aromatic heterocycles. The quantitative estimate of drug-likeness (QED) is 0.466. The van der Waals surface area contributed by atoms with Gasteiger partial charge in [0.1, 0.15) is 0 Å². The lowest BCUT2D eigenvalue weighted by molar-refractivity contribution is 0.0302. The predicted octanol–water partition coefficient (Wildman–Crippen LogP) is 3.18. The van der Waals surface area contributed by atoms with Crippen LogP contribution < -0.4 is 0 Å². The number of carbonyl (C=O) groups excluding carboxylic acids is 1. The minimum atomic E-state index is 0.0670. The van der Waals surface area contributed by atoms with Crippen molar-refractivity contribution in [2.24, 2.45) is 5.10 Å². The van der Waals surface area contributed by atoms with Gasteiger partial charge in [0, 0.05) is 69.4 Å². The van der Waals surface area contributed by atoms with Gasteiger partial charge in [-0.25, -0.2) is 4.98 Å². The third-order valence-corrected chi connectivity index (χ3v) is 7.85. The third kappa shape index (κ3) is 5.80. The standard InChI is InChI=1S/C30H36N6O3/c1-22-18-23(6-7-25(22)30(37)35-12-16-39-17-13-35)26-4-2-5-27-29(26)33-28(20-31-27)24-19-32-36(21-24)9-3-8-34-10-14-38-15-11-34/h2,4-7,18-20,24H,3,8-17,21H2,1H3. The molecule has 0 aliphatic carbocycles. The number of hydrogen-bond donors (Lipinski definition) is 0. The molecule has 0 spiro atoms. The first-order valence-corrected chi connectivity index (χ1v) is 14.0. The number of hydrazone groups is 1. The van der Waals surface area contributed by atoms with E-state index in [9.17, 15) is 4.79 Å². The number of rotatable bonds is 7. The monoisotopic (exact) mass is 528 g/mol. The van der Waals surface area contributed by atoms with Crippen molar-refractivity contribution in [2.75, 3.05) is 72.2 Å². The van der Waals surface area contributed by atoms with E-state index in [0.29, 0.717) is 26.3 Å². The van der Waals surface area contributed by atoms with Crippen molar-refractivity contribution in [3.63, 3.8) is 0 Å². The highest BCUT2D eigenvalue weighted by molar-refractivity contribution is 5.97. The second kappa shape index (κ2) is 11.8. The summed E-state index contributed by atoms with van der Waals surface area (Å²) in [7, 11) is 0. The average Bonchev–Trinajstić information content (AvgIpc) is 3.46. The van der Waals surface area contributed by atoms with Crippen molar-refractivity contribution in [1.29, 1.82) is 0 Å². The fraction of sp³-hybridized carbons (Fsp3) is 0.467. The van der Waals surface area contributed by atoms with E-state index in [1.807, 2.05) is 48.5 Å². The van der Waals surface area contributed by atoms with Crippen molar-refractivity contribution in [3.05, 3.63) is 59.4 Å². The summed E-state index contributed by atoms with van der Waals surface area (Å²) in [4.78, 5) is 27.2. The highest BCUT2D eigenvalue weighted by Gasteiger charge is 2.23. The summed E-state index contributed by atoms with van der Waals surface area (Å²) < 4.78 is 10.8. The van der Waals surface area contributed by atoms with Crippen LogP contribution >= 0.6 is 0 Å². The number of hydrogen-bond acceptors (Lipinski definition) is 8. The molecule has 2 aromatic carbocycles. The number of carbonyl (C=O) groups is 1. The molecule has 2 fully saturated rings. The summed E-state index contributed by atoms with van der Waals surface area (Å²) in [6.45, 7) is 11.0. The first kappa shape index (κ1) is 25.9. The van der Waals surface area contributed by atoms with Crippen LogP contribution in [0.1, 0.15) is 34.0 Å². The van der Waals surface area contributed by atoms with E-state index in [-0.39, 0.29) is 11.8 Å². The number of morpholine rings is 2. The van der Waals surface area contributed by atoms with E-state index < -0.39 is 0 Å². The summed E-state index contributed by atoms with van der Waals surface area (Å²) >= 11 is 0. The Labute approximate surface area is 229 Å². The maximum atomic E-state index is 13.1. The van der Waals surface area contributed by atoms with Crippen LogP contribution in [0.2, 0.25) is 0 Å². The molecule has 2 saturated heterocycles. The molecule has 0 bridgehead atoms. The molecule has 0 N–H and O–H groups in total. The summed E-state index contributed by atoms with van der Waals surface area (Å²) in [5, 5.41) is 6.82. The molecule has 4 heterocycles. The molecule has 9 nitrogen and oxygen atoms in total. The van der Waals surface area contributed by atoms with Gasteiger partial charge in [0.2, 0.25) is 0 Å². The smallest absolute Gasteiger partial charge is 0.254 e. The fourth-order valence-corrected chi connectivity index (χ4v) is 5.58. The molecule has 9 heteroatoms. The SMILES string of the molecule is Cc1cc(-c2cccc3ncc(C4C=NN(CCCN5CCOCC5)C4)nc23)ccc1C(=O)N1CCOCC1. The number of benzene rings is 2. The second-order valence-corrected chi connectivity index (χ2v) is 10.5.